The number of carbonyl (C=O) groups excluding carboxylic acids is 12. The Morgan fingerprint density at radius 3 is 1.15 bits per heavy atom. The predicted molar refractivity (Wildman–Crippen MR) is 514 cm³/mol. The maximum Gasteiger partial charge on any atom is 0.322 e. The molecule has 4 atom stereocenters. The lowest BCUT2D eigenvalue weighted by Gasteiger charge is -2.31. The highest BCUT2D eigenvalue weighted by Gasteiger charge is 2.55. The third-order valence-electron chi connectivity index (χ3n) is 26.6. The summed E-state index contributed by atoms with van der Waals surface area (Å²) >= 11 is 0. The Balaban J connectivity index is 0.000000120. The van der Waals surface area contributed by atoms with Crippen LogP contribution in [0.5, 0.6) is 23.0 Å². The van der Waals surface area contributed by atoms with Crippen molar-refractivity contribution in [2.45, 2.75) is 74.7 Å². The molecular formula is C104H90N22O16. The van der Waals surface area contributed by atoms with Crippen LogP contribution in [0.2, 0.25) is 0 Å². The number of aryl methyl sites for hydroxylation is 4. The third kappa shape index (κ3) is 16.9. The molecule has 4 saturated heterocycles. The number of urea groups is 4. The molecule has 8 aliphatic heterocycles. The van der Waals surface area contributed by atoms with Crippen molar-refractivity contribution >= 4 is 93.3 Å². The van der Waals surface area contributed by atoms with E-state index >= 15 is 0 Å². The fourth-order valence-corrected chi connectivity index (χ4v) is 19.1. The fraction of sp³-hybridized carbons (Fsp3) is 0.212. The first-order valence-corrected chi connectivity index (χ1v) is 44.8. The topological polar surface area (TPSA) is 470 Å². The van der Waals surface area contributed by atoms with Gasteiger partial charge in [-0.1, -0.05) is 139 Å². The molecule has 4 aromatic heterocycles. The number of ether oxygens (including phenoxy) is 4. The van der Waals surface area contributed by atoms with Gasteiger partial charge < -0.3 is 59.8 Å². The molecule has 0 spiro atoms. The average molecular weight is 1900 g/mol. The van der Waals surface area contributed by atoms with Crippen LogP contribution in [-0.4, -0.2) is 189 Å². The van der Waals surface area contributed by atoms with Gasteiger partial charge in [0.15, 0.2) is 33.5 Å². The second-order valence-corrected chi connectivity index (χ2v) is 36.0. The van der Waals surface area contributed by atoms with Gasteiger partial charge in [0, 0.05) is 98.5 Å². The first-order valence-electron chi connectivity index (χ1n) is 44.8. The fourth-order valence-electron chi connectivity index (χ4n) is 19.1. The zero-order chi connectivity index (χ0) is 99.8. The minimum absolute atomic E-state index is 0.000163. The number of nitrogens with one attached hydrogen (secondary N) is 9. The van der Waals surface area contributed by atoms with Crippen LogP contribution in [0.3, 0.4) is 0 Å². The van der Waals surface area contributed by atoms with E-state index in [4.69, 9.17) is 25.4 Å². The van der Waals surface area contributed by atoms with Gasteiger partial charge in [-0.2, -0.15) is 20.6 Å². The molecule has 4 fully saturated rings. The molecule has 14 aromatic rings. The van der Waals surface area contributed by atoms with Gasteiger partial charge in [0.1, 0.15) is 34.6 Å². The molecule has 0 radical (unpaired) electrons. The van der Waals surface area contributed by atoms with Crippen LogP contribution in [0.25, 0.3) is 66.4 Å². The van der Waals surface area contributed by atoms with Gasteiger partial charge in [0.05, 0.1) is 70.9 Å². The number of aromatic nitrogens is 9. The molecule has 12 heterocycles. The van der Waals surface area contributed by atoms with Gasteiger partial charge in [-0.3, -0.25) is 74.1 Å². The number of nitrogens with zero attached hydrogens (tertiary/aromatic N) is 13. The highest BCUT2D eigenvalue weighted by atomic mass is 16.5. The van der Waals surface area contributed by atoms with Crippen LogP contribution in [0, 0.1) is 30.6 Å². The van der Waals surface area contributed by atoms with E-state index in [-0.39, 0.29) is 55.5 Å². The molecule has 9 N–H and O–H groups in total. The molecule has 38 heteroatoms. The lowest BCUT2D eigenvalue weighted by atomic mass is 9.87. The zero-order valence-corrected chi connectivity index (χ0v) is 77.9. The average Bonchev–Trinajstić information content (AvgIpc) is 1.61. The Labute approximate surface area is 810 Å². The largest absolute Gasteiger partial charge is 0.497 e. The molecule has 0 bridgehead atoms. The first-order chi connectivity index (χ1) is 68.2. The number of hydrogen-bond acceptors (Lipinski definition) is 22. The van der Waals surface area contributed by atoms with Crippen LogP contribution in [-0.2, 0) is 88.7 Å². The highest BCUT2D eigenvalue weighted by molar-refractivity contribution is 6.12. The number of amides is 16. The van der Waals surface area contributed by atoms with Crippen molar-refractivity contribution in [1.82, 2.24) is 107 Å². The van der Waals surface area contributed by atoms with Crippen LogP contribution >= 0.6 is 0 Å². The number of nitriles is 1. The maximum absolute atomic E-state index is 13.4. The van der Waals surface area contributed by atoms with Crippen molar-refractivity contribution in [2.24, 2.45) is 21.1 Å². The summed E-state index contributed by atoms with van der Waals surface area (Å²) in [5, 5.41) is 54.4. The molecular weight excluding hydrogens is 1810 g/mol. The Morgan fingerprint density at radius 2 is 0.789 bits per heavy atom. The van der Waals surface area contributed by atoms with Gasteiger partial charge in [-0.15, -0.1) is 11.5 Å². The molecule has 22 rings (SSSR count). The quantitative estimate of drug-likeness (QED) is 0.0238. The molecule has 16 amide bonds. The molecule has 712 valence electrons. The second kappa shape index (κ2) is 36.1. The van der Waals surface area contributed by atoms with Crippen molar-refractivity contribution in [2.75, 3.05) is 47.5 Å². The van der Waals surface area contributed by atoms with Gasteiger partial charge in [-0.05, 0) is 177 Å². The first kappa shape index (κ1) is 92.4. The monoisotopic (exact) mass is 1900 g/mol. The number of terminal acetylenes is 1. The highest BCUT2D eigenvalue weighted by Crippen LogP contribution is 2.42. The van der Waals surface area contributed by atoms with E-state index < -0.39 is 75.5 Å². The number of H-pyrrole nitrogens is 1. The van der Waals surface area contributed by atoms with Gasteiger partial charge in [-0.25, -0.2) is 23.9 Å². The number of imide groups is 4. The SMILES string of the molecule is C#CC(C)(C)Oc1ccc2c(c1)C(=O)N(C[C@@]1(c3ccc(-c4cnn(C)c4)cc3)NC(=O)NC1=O)C2.COc1ccc2c(c1)C(=O)N(C[C@@]1(c3ccc(-c4cc(C)c5[nH]ncc5c4)cc3)NC(=O)NC1=O)C2.COc1ccc2c(c1)C(=O)N(C[C@@]1(c3ccc(-c4ccc5c(c4)nnn5C)cc3)NC(=O)NC1=O)C2.COc1ccc2c(c1)C(=O)N(C[C@@]1(c3ccc(-c4cn(C)nc4C#N)cc3)NC(=O)NC1=O)C2. The van der Waals surface area contributed by atoms with Crippen molar-refractivity contribution < 1.29 is 76.5 Å². The summed E-state index contributed by atoms with van der Waals surface area (Å²) in [5.74, 6) is 1.84. The number of benzene rings is 10. The predicted octanol–water partition coefficient (Wildman–Crippen LogP) is 9.80. The van der Waals surface area contributed by atoms with Gasteiger partial charge in [0.2, 0.25) is 0 Å². The molecule has 0 aliphatic carbocycles. The summed E-state index contributed by atoms with van der Waals surface area (Å²) in [4.78, 5) is 160. The summed E-state index contributed by atoms with van der Waals surface area (Å²) in [7, 11) is 10.0. The van der Waals surface area contributed by atoms with E-state index in [0.717, 1.165) is 88.7 Å². The van der Waals surface area contributed by atoms with Crippen LogP contribution in [0.15, 0.2) is 225 Å². The number of rotatable bonds is 21. The third-order valence-corrected chi connectivity index (χ3v) is 26.6. The summed E-state index contributed by atoms with van der Waals surface area (Å²) in [6.45, 7) is 6.74. The second-order valence-electron chi connectivity index (χ2n) is 36.0. The molecule has 142 heavy (non-hydrogen) atoms. The summed E-state index contributed by atoms with van der Waals surface area (Å²) in [5.41, 5.74) is 12.3. The van der Waals surface area contributed by atoms with E-state index in [0.29, 0.717) is 99.2 Å². The van der Waals surface area contributed by atoms with Crippen LogP contribution < -0.4 is 61.5 Å². The van der Waals surface area contributed by atoms with Crippen molar-refractivity contribution in [3.63, 3.8) is 0 Å². The van der Waals surface area contributed by atoms with Crippen molar-refractivity contribution in [3.05, 3.63) is 303 Å². The standard InChI is InChI=1S/C27H23N5O4.C27H25N5O4.C26H22N6O4.C24H20N6O4/c1-15-9-18(10-19-12-28-31-23(15)19)16-3-6-20(7-4-16)27(25(34)29-26(35)30-27)14-32-13-17-5-8-21(36-2)11-22(17)24(32)33;1-5-26(2,3)36-21-11-8-18-15-32(23(33)22(18)12-21)16-27(24(34)29-25(35)30-27)20-9-6-17(7-10-20)19-13-28-31(4)14-19;1-31-22-10-6-16(11-21(22)29-30-31)15-3-7-18(8-4-15)26(24(34)27-25(35)28-26)14-32-13-17-5-9-19(36-2)12-20(17)23(32)33;1-29-12-19(20(10-25)28-29)14-3-6-16(7-4-14)24(22(32)26-23(33)27-24)13-30-11-15-5-8-17(34-2)9-18(15)21(30)31/h3-12H,13-14H2,1-2H3,(H,28,31)(H2,29,30,34,35);1,6-14H,15-16H2,2-4H3,(H2,29,30,34,35);3-12H,13-14H2,1-2H3,(H2,27,28,34,35);3-9,12H,11,13H2,1-2H3,(H2,26,27,32,33)/t2*27-;26-;24-/m0000/s1. The Bertz CT molecular complexity index is 7740. The molecule has 38 nitrogen and oxygen atoms in total. The van der Waals surface area contributed by atoms with E-state index in [1.54, 1.807) is 180 Å². The normalized spacial score (nSPS) is 19.0. The molecule has 0 unspecified atom stereocenters. The van der Waals surface area contributed by atoms with E-state index in [1.807, 2.05) is 118 Å². The maximum atomic E-state index is 13.4. The van der Waals surface area contributed by atoms with Crippen LogP contribution in [0.1, 0.15) is 111 Å². The lowest BCUT2D eigenvalue weighted by Crippen LogP contribution is -2.52. The Kier molecular flexibility index (Phi) is 23.5. The number of aromatic amines is 1. The summed E-state index contributed by atoms with van der Waals surface area (Å²) < 4.78 is 26.5. The number of carbonyl (C=O) groups is 12. The van der Waals surface area contributed by atoms with E-state index in [9.17, 15) is 62.8 Å². The zero-order valence-electron chi connectivity index (χ0n) is 77.9. The number of hydrogen-bond donors (Lipinski definition) is 9. The van der Waals surface area contributed by atoms with E-state index in [2.05, 4.69) is 97.4 Å². The lowest BCUT2D eigenvalue weighted by molar-refractivity contribution is -0.125. The molecule has 10 aromatic carbocycles. The smallest absolute Gasteiger partial charge is 0.322 e. The van der Waals surface area contributed by atoms with Gasteiger partial charge >= 0.3 is 24.1 Å². The van der Waals surface area contributed by atoms with E-state index in [1.165, 1.54) is 12.0 Å². The molecule has 8 aliphatic rings. The van der Waals surface area contributed by atoms with Gasteiger partial charge in [0.25, 0.3) is 47.3 Å². The number of methoxy groups -OCH3 is 3. The minimum atomic E-state index is -1.45. The number of fused-ring (bicyclic) bond motifs is 6. The molecule has 0 saturated carbocycles. The summed E-state index contributed by atoms with van der Waals surface area (Å²) in [6.07, 6.45) is 12.7. The Hall–Kier alpha value is -18.6. The van der Waals surface area contributed by atoms with Crippen LogP contribution in [0.4, 0.5) is 19.2 Å². The Morgan fingerprint density at radius 1 is 0.415 bits per heavy atom. The van der Waals surface area contributed by atoms with Crippen molar-refractivity contribution in [1.29, 1.82) is 5.26 Å². The van der Waals surface area contributed by atoms with Crippen molar-refractivity contribution in [3.8, 4) is 85.9 Å². The minimum Gasteiger partial charge on any atom is -0.497 e. The summed E-state index contributed by atoms with van der Waals surface area (Å²) in [6, 6.07) is 60.0.